The number of anilines is 1. The van der Waals surface area contributed by atoms with Crippen LogP contribution in [0.5, 0.6) is 0 Å². The van der Waals surface area contributed by atoms with Crippen LogP contribution in [0.25, 0.3) is 11.3 Å². The van der Waals surface area contributed by atoms with Gasteiger partial charge in [-0.15, -0.1) is 0 Å². The van der Waals surface area contributed by atoms with Crippen LogP contribution >= 0.6 is 0 Å². The Balaban J connectivity index is 2.01. The maximum atomic E-state index is 11.8. The zero-order valence-electron chi connectivity index (χ0n) is 10.9. The van der Waals surface area contributed by atoms with E-state index in [1.54, 1.807) is 12.5 Å². The predicted octanol–water partition coefficient (Wildman–Crippen LogP) is 2.00. The first kappa shape index (κ1) is 13.3. The second-order valence-corrected chi connectivity index (χ2v) is 4.51. The van der Waals surface area contributed by atoms with E-state index in [0.29, 0.717) is 13.0 Å². The largest absolute Gasteiger partial charge is 0.345 e. The zero-order chi connectivity index (χ0) is 13.7. The highest BCUT2D eigenvalue weighted by atomic mass is 16.1. The van der Waals surface area contributed by atoms with E-state index in [4.69, 9.17) is 5.73 Å². The summed E-state index contributed by atoms with van der Waals surface area (Å²) >= 11 is 0. The summed E-state index contributed by atoms with van der Waals surface area (Å²) in [5, 5.41) is 2.88. The molecule has 0 aliphatic heterocycles. The van der Waals surface area contributed by atoms with E-state index in [2.05, 4.69) is 15.3 Å². The summed E-state index contributed by atoms with van der Waals surface area (Å²) in [5.74, 6) is -0.0722. The van der Waals surface area contributed by atoms with Gasteiger partial charge in [-0.3, -0.25) is 4.79 Å². The summed E-state index contributed by atoms with van der Waals surface area (Å²) in [6, 6.07) is 7.64. The lowest BCUT2D eigenvalue weighted by Gasteiger charge is -2.11. The number of hydrogen-bond acceptors (Lipinski definition) is 3. The lowest BCUT2D eigenvalue weighted by Crippen LogP contribution is -2.22. The van der Waals surface area contributed by atoms with E-state index >= 15 is 0 Å². The number of rotatable bonds is 5. The van der Waals surface area contributed by atoms with E-state index in [0.717, 1.165) is 16.9 Å². The molecule has 1 aromatic heterocycles. The van der Waals surface area contributed by atoms with Crippen LogP contribution in [0, 0.1) is 5.92 Å². The molecule has 0 radical (unpaired) electrons. The number of aromatic amines is 1. The number of hydrogen-bond donors (Lipinski definition) is 3. The first-order valence-corrected chi connectivity index (χ1v) is 6.30. The number of benzene rings is 1. The van der Waals surface area contributed by atoms with E-state index < -0.39 is 0 Å². The van der Waals surface area contributed by atoms with Gasteiger partial charge in [0.15, 0.2) is 0 Å². The molecule has 19 heavy (non-hydrogen) atoms. The fourth-order valence-corrected chi connectivity index (χ4v) is 1.79. The van der Waals surface area contributed by atoms with Crippen LogP contribution in [0.3, 0.4) is 0 Å². The highest BCUT2D eigenvalue weighted by Gasteiger charge is 2.11. The molecule has 0 aliphatic carbocycles. The SMILES string of the molecule is CC(CCN)C(=O)Nc1ccc(-c2cnc[nH]2)cc1. The summed E-state index contributed by atoms with van der Waals surface area (Å²) in [6.45, 7) is 2.40. The van der Waals surface area contributed by atoms with Crippen LogP contribution in [0.4, 0.5) is 5.69 Å². The number of amides is 1. The monoisotopic (exact) mass is 258 g/mol. The number of nitrogens with zero attached hydrogens (tertiary/aromatic N) is 1. The molecule has 0 fully saturated rings. The summed E-state index contributed by atoms with van der Waals surface area (Å²) < 4.78 is 0. The van der Waals surface area contributed by atoms with Gasteiger partial charge in [0.1, 0.15) is 0 Å². The molecule has 0 spiro atoms. The molecule has 1 aromatic carbocycles. The molecule has 0 saturated heterocycles. The predicted molar refractivity (Wildman–Crippen MR) is 75.5 cm³/mol. The van der Waals surface area contributed by atoms with E-state index in [-0.39, 0.29) is 11.8 Å². The average molecular weight is 258 g/mol. The van der Waals surface area contributed by atoms with Gasteiger partial charge in [-0.1, -0.05) is 19.1 Å². The molecule has 1 atom stereocenters. The summed E-state index contributed by atoms with van der Waals surface area (Å²) in [5.41, 5.74) is 8.22. The van der Waals surface area contributed by atoms with E-state index in [9.17, 15) is 4.79 Å². The van der Waals surface area contributed by atoms with Crippen molar-refractivity contribution >= 4 is 11.6 Å². The first-order chi connectivity index (χ1) is 9.20. The van der Waals surface area contributed by atoms with Crippen LogP contribution in [0.1, 0.15) is 13.3 Å². The van der Waals surface area contributed by atoms with Gasteiger partial charge in [0.25, 0.3) is 0 Å². The first-order valence-electron chi connectivity index (χ1n) is 6.30. The van der Waals surface area contributed by atoms with Crippen molar-refractivity contribution in [2.75, 3.05) is 11.9 Å². The number of aromatic nitrogens is 2. The smallest absolute Gasteiger partial charge is 0.227 e. The Morgan fingerprint density at radius 2 is 2.16 bits per heavy atom. The van der Waals surface area contributed by atoms with Crippen molar-refractivity contribution in [1.29, 1.82) is 0 Å². The van der Waals surface area contributed by atoms with Crippen LogP contribution in [0.15, 0.2) is 36.8 Å². The quantitative estimate of drug-likeness (QED) is 0.767. The number of H-pyrrole nitrogens is 1. The van der Waals surface area contributed by atoms with Gasteiger partial charge < -0.3 is 16.0 Å². The molecule has 1 unspecified atom stereocenters. The van der Waals surface area contributed by atoms with Gasteiger partial charge in [-0.25, -0.2) is 4.98 Å². The van der Waals surface area contributed by atoms with Crippen molar-refractivity contribution < 1.29 is 4.79 Å². The molecule has 2 aromatic rings. The Bertz CT molecular complexity index is 519. The molecule has 1 amide bonds. The lowest BCUT2D eigenvalue weighted by atomic mass is 10.1. The molecule has 100 valence electrons. The molecule has 4 N–H and O–H groups in total. The fourth-order valence-electron chi connectivity index (χ4n) is 1.79. The number of carbonyl (C=O) groups is 1. The Morgan fingerprint density at radius 1 is 1.42 bits per heavy atom. The second-order valence-electron chi connectivity index (χ2n) is 4.51. The van der Waals surface area contributed by atoms with Gasteiger partial charge in [0.2, 0.25) is 5.91 Å². The lowest BCUT2D eigenvalue weighted by molar-refractivity contribution is -0.119. The van der Waals surface area contributed by atoms with Crippen LogP contribution < -0.4 is 11.1 Å². The molecule has 2 rings (SSSR count). The molecule has 0 saturated carbocycles. The van der Waals surface area contributed by atoms with E-state index in [1.807, 2.05) is 31.2 Å². The van der Waals surface area contributed by atoms with Crippen molar-refractivity contribution in [3.8, 4) is 11.3 Å². The third-order valence-electron chi connectivity index (χ3n) is 3.01. The maximum absolute atomic E-state index is 11.8. The van der Waals surface area contributed by atoms with Gasteiger partial charge in [0, 0.05) is 11.6 Å². The standard InChI is InChI=1S/C14H18N4O/c1-10(6-7-15)14(19)18-12-4-2-11(3-5-12)13-8-16-9-17-13/h2-5,8-10H,6-7,15H2,1H3,(H,16,17)(H,18,19). The number of imidazole rings is 1. The van der Waals surface area contributed by atoms with Crippen LogP contribution in [-0.4, -0.2) is 22.4 Å². The van der Waals surface area contributed by atoms with Crippen molar-refractivity contribution in [2.24, 2.45) is 11.7 Å². The highest BCUT2D eigenvalue weighted by molar-refractivity contribution is 5.92. The Morgan fingerprint density at radius 3 is 2.74 bits per heavy atom. The molecular formula is C14H18N4O. The van der Waals surface area contributed by atoms with Gasteiger partial charge in [-0.05, 0) is 30.7 Å². The molecule has 1 heterocycles. The van der Waals surface area contributed by atoms with Crippen molar-refractivity contribution in [3.63, 3.8) is 0 Å². The fraction of sp³-hybridized carbons (Fsp3) is 0.286. The Labute approximate surface area is 112 Å². The van der Waals surface area contributed by atoms with Gasteiger partial charge in [-0.2, -0.15) is 0 Å². The molecule has 0 bridgehead atoms. The summed E-state index contributed by atoms with van der Waals surface area (Å²) in [4.78, 5) is 18.8. The van der Waals surface area contributed by atoms with Crippen molar-refractivity contribution in [1.82, 2.24) is 9.97 Å². The van der Waals surface area contributed by atoms with Crippen molar-refractivity contribution in [3.05, 3.63) is 36.8 Å². The average Bonchev–Trinajstić information content (AvgIpc) is 2.94. The molecule has 5 nitrogen and oxygen atoms in total. The molecule has 0 aliphatic rings. The third kappa shape index (κ3) is 3.42. The minimum Gasteiger partial charge on any atom is -0.345 e. The third-order valence-corrected chi connectivity index (χ3v) is 3.01. The zero-order valence-corrected chi connectivity index (χ0v) is 10.9. The van der Waals surface area contributed by atoms with E-state index in [1.165, 1.54) is 0 Å². The minimum absolute atomic E-state index is 0.000240. The minimum atomic E-state index is -0.0720. The highest BCUT2D eigenvalue weighted by Crippen LogP contribution is 2.19. The normalized spacial score (nSPS) is 12.1. The Hall–Kier alpha value is -2.14. The van der Waals surface area contributed by atoms with Crippen LogP contribution in [0.2, 0.25) is 0 Å². The second kappa shape index (κ2) is 6.15. The molecular weight excluding hydrogens is 240 g/mol. The summed E-state index contributed by atoms with van der Waals surface area (Å²) in [6.07, 6.45) is 4.09. The number of carbonyl (C=O) groups excluding carboxylic acids is 1. The van der Waals surface area contributed by atoms with Gasteiger partial charge >= 0.3 is 0 Å². The summed E-state index contributed by atoms with van der Waals surface area (Å²) in [7, 11) is 0. The van der Waals surface area contributed by atoms with Crippen molar-refractivity contribution in [2.45, 2.75) is 13.3 Å². The number of nitrogens with two attached hydrogens (primary N) is 1. The Kier molecular flexibility index (Phi) is 4.30. The molecule has 5 heteroatoms. The van der Waals surface area contributed by atoms with Gasteiger partial charge in [0.05, 0.1) is 18.2 Å². The topological polar surface area (TPSA) is 83.8 Å². The maximum Gasteiger partial charge on any atom is 0.227 e. The number of nitrogens with one attached hydrogen (secondary N) is 2. The van der Waals surface area contributed by atoms with Crippen LogP contribution in [-0.2, 0) is 4.79 Å².